The van der Waals surface area contributed by atoms with Crippen molar-refractivity contribution in [1.29, 1.82) is 0 Å². The van der Waals surface area contributed by atoms with Gasteiger partial charge in [-0.3, -0.25) is 4.79 Å². The zero-order valence-corrected chi connectivity index (χ0v) is 13.8. The van der Waals surface area contributed by atoms with Crippen LogP contribution in [-0.2, 0) is 14.3 Å². The van der Waals surface area contributed by atoms with E-state index in [9.17, 15) is 9.59 Å². The van der Waals surface area contributed by atoms with Crippen LogP contribution in [0.1, 0.15) is 22.8 Å². The average molecular weight is 329 g/mol. The number of carbonyl (C=O) groups excluding carboxylic acids is 2. The number of ether oxygens (including phenoxy) is 3. The van der Waals surface area contributed by atoms with Crippen molar-refractivity contribution >= 4 is 22.6 Å². The Morgan fingerprint density at radius 3 is 2.58 bits per heavy atom. The Balaban J connectivity index is 2.03. The molecule has 0 radical (unpaired) electrons. The lowest BCUT2D eigenvalue weighted by Crippen LogP contribution is -2.43. The number of hydrogen-bond acceptors (Lipinski definition) is 5. The average Bonchev–Trinajstić information content (AvgIpc) is 3.30. The third-order valence-electron chi connectivity index (χ3n) is 4.28. The van der Waals surface area contributed by atoms with E-state index in [4.69, 9.17) is 19.9 Å². The van der Waals surface area contributed by atoms with Crippen LogP contribution in [0.15, 0.2) is 30.3 Å². The summed E-state index contributed by atoms with van der Waals surface area (Å²) in [5.41, 5.74) is 5.85. The lowest BCUT2D eigenvalue weighted by Gasteiger charge is -2.19. The molecule has 1 heterocycles. The van der Waals surface area contributed by atoms with E-state index >= 15 is 0 Å². The molecule has 2 aromatic rings. The summed E-state index contributed by atoms with van der Waals surface area (Å²) in [6.45, 7) is 3.96. The Morgan fingerprint density at radius 1 is 1.29 bits per heavy atom. The van der Waals surface area contributed by atoms with Gasteiger partial charge >= 0.3 is 5.97 Å². The molecule has 2 atom stereocenters. The highest BCUT2D eigenvalue weighted by atomic mass is 16.6. The van der Waals surface area contributed by atoms with Crippen LogP contribution in [0.3, 0.4) is 0 Å². The molecular formula is C18H19NO5. The summed E-state index contributed by atoms with van der Waals surface area (Å²) in [6.07, 6.45) is -1.13. The van der Waals surface area contributed by atoms with Crippen LogP contribution in [0.4, 0.5) is 0 Å². The number of hydrogen-bond donors (Lipinski definition) is 1. The number of primary amides is 1. The number of epoxide rings is 1. The van der Waals surface area contributed by atoms with Crippen molar-refractivity contribution in [1.82, 2.24) is 0 Å². The summed E-state index contributed by atoms with van der Waals surface area (Å²) in [6, 6.07) is 9.09. The van der Waals surface area contributed by atoms with Crippen LogP contribution < -0.4 is 10.5 Å². The number of rotatable bonds is 5. The summed E-state index contributed by atoms with van der Waals surface area (Å²) < 4.78 is 15.9. The van der Waals surface area contributed by atoms with Gasteiger partial charge in [-0.05, 0) is 42.3 Å². The summed E-state index contributed by atoms with van der Waals surface area (Å²) in [5, 5.41) is 1.61. The molecule has 0 bridgehead atoms. The van der Waals surface area contributed by atoms with Crippen LogP contribution >= 0.6 is 0 Å². The van der Waals surface area contributed by atoms with Gasteiger partial charge in [0.15, 0.2) is 0 Å². The molecule has 0 unspecified atom stereocenters. The van der Waals surface area contributed by atoms with Crippen LogP contribution in [-0.4, -0.2) is 37.3 Å². The number of methoxy groups -OCH3 is 1. The normalized spacial score (nSPS) is 20.5. The second kappa shape index (κ2) is 5.79. The number of nitrogens with two attached hydrogens (primary N) is 1. The van der Waals surface area contributed by atoms with Gasteiger partial charge in [0.1, 0.15) is 11.4 Å². The van der Waals surface area contributed by atoms with Gasteiger partial charge in [0.05, 0.1) is 19.3 Å². The first-order chi connectivity index (χ1) is 11.4. The molecule has 2 N–H and O–H groups in total. The third kappa shape index (κ3) is 2.80. The number of benzene rings is 2. The van der Waals surface area contributed by atoms with Crippen molar-refractivity contribution in [2.24, 2.45) is 5.73 Å². The predicted molar refractivity (Wildman–Crippen MR) is 88.0 cm³/mol. The fraction of sp³-hybridized carbons (Fsp3) is 0.333. The fourth-order valence-corrected chi connectivity index (χ4v) is 2.72. The largest absolute Gasteiger partial charge is 0.497 e. The molecule has 1 aliphatic rings. The fourth-order valence-electron chi connectivity index (χ4n) is 2.72. The monoisotopic (exact) mass is 329 g/mol. The molecule has 126 valence electrons. The van der Waals surface area contributed by atoms with Gasteiger partial charge in [-0.25, -0.2) is 4.79 Å². The Morgan fingerprint density at radius 2 is 2.00 bits per heavy atom. The van der Waals surface area contributed by atoms with E-state index in [0.717, 1.165) is 16.3 Å². The van der Waals surface area contributed by atoms with Crippen molar-refractivity contribution in [3.05, 3.63) is 41.5 Å². The van der Waals surface area contributed by atoms with Crippen LogP contribution in [0.5, 0.6) is 5.75 Å². The number of amides is 1. The first-order valence-corrected chi connectivity index (χ1v) is 7.57. The van der Waals surface area contributed by atoms with Gasteiger partial charge in [-0.2, -0.15) is 0 Å². The van der Waals surface area contributed by atoms with E-state index in [1.807, 2.05) is 31.2 Å². The molecule has 1 aliphatic heterocycles. The molecule has 0 spiro atoms. The number of aryl methyl sites for hydroxylation is 1. The Bertz CT molecular complexity index is 826. The molecule has 24 heavy (non-hydrogen) atoms. The SMILES string of the molecule is COc1cc(C(=O)O[C@H](C(N)=O)[C@]2(C)CO2)c2cccc(C)c2c1. The summed E-state index contributed by atoms with van der Waals surface area (Å²) in [7, 11) is 1.53. The zero-order chi connectivity index (χ0) is 17.5. The van der Waals surface area contributed by atoms with Gasteiger partial charge in [-0.15, -0.1) is 0 Å². The molecule has 6 heteroatoms. The predicted octanol–water partition coefficient (Wildman–Crippen LogP) is 1.96. The molecule has 0 aliphatic carbocycles. The van der Waals surface area contributed by atoms with Gasteiger partial charge < -0.3 is 19.9 Å². The molecule has 2 aromatic carbocycles. The minimum Gasteiger partial charge on any atom is -0.497 e. The van der Waals surface area contributed by atoms with Crippen LogP contribution in [0.25, 0.3) is 10.8 Å². The topological polar surface area (TPSA) is 91.2 Å². The van der Waals surface area contributed by atoms with Crippen molar-refractivity contribution < 1.29 is 23.8 Å². The first-order valence-electron chi connectivity index (χ1n) is 7.57. The van der Waals surface area contributed by atoms with Crippen molar-refractivity contribution in [3.8, 4) is 5.75 Å². The highest BCUT2D eigenvalue weighted by Crippen LogP contribution is 2.34. The Hall–Kier alpha value is -2.60. The Kier molecular flexibility index (Phi) is 3.93. The highest BCUT2D eigenvalue weighted by Gasteiger charge is 2.52. The molecule has 1 fully saturated rings. The van der Waals surface area contributed by atoms with Crippen molar-refractivity contribution in [2.75, 3.05) is 13.7 Å². The molecule has 1 amide bonds. The smallest absolute Gasteiger partial charge is 0.339 e. The van der Waals surface area contributed by atoms with E-state index in [-0.39, 0.29) is 0 Å². The number of carbonyl (C=O) groups is 2. The lowest BCUT2D eigenvalue weighted by atomic mass is 10.00. The lowest BCUT2D eigenvalue weighted by molar-refractivity contribution is -0.129. The van der Waals surface area contributed by atoms with Crippen LogP contribution in [0.2, 0.25) is 0 Å². The van der Waals surface area contributed by atoms with Gasteiger partial charge in [0.2, 0.25) is 6.10 Å². The third-order valence-corrected chi connectivity index (χ3v) is 4.28. The minimum atomic E-state index is -1.13. The van der Waals surface area contributed by atoms with Crippen LogP contribution in [0, 0.1) is 6.92 Å². The van der Waals surface area contributed by atoms with Crippen molar-refractivity contribution in [3.63, 3.8) is 0 Å². The van der Waals surface area contributed by atoms with Gasteiger partial charge in [0.25, 0.3) is 5.91 Å². The molecule has 6 nitrogen and oxygen atoms in total. The number of esters is 1. The van der Waals surface area contributed by atoms with Gasteiger partial charge in [-0.1, -0.05) is 18.2 Å². The van der Waals surface area contributed by atoms with E-state index in [0.29, 0.717) is 17.9 Å². The van der Waals surface area contributed by atoms with E-state index in [1.165, 1.54) is 7.11 Å². The van der Waals surface area contributed by atoms with E-state index in [2.05, 4.69) is 0 Å². The summed E-state index contributed by atoms with van der Waals surface area (Å²) in [5.74, 6) is -0.829. The summed E-state index contributed by atoms with van der Waals surface area (Å²) >= 11 is 0. The maximum atomic E-state index is 12.7. The quantitative estimate of drug-likeness (QED) is 0.669. The maximum absolute atomic E-state index is 12.7. The van der Waals surface area contributed by atoms with E-state index in [1.54, 1.807) is 13.0 Å². The van der Waals surface area contributed by atoms with E-state index < -0.39 is 23.6 Å². The number of fused-ring (bicyclic) bond motifs is 1. The molecular weight excluding hydrogens is 310 g/mol. The Labute approximate surface area is 139 Å². The second-order valence-corrected chi connectivity index (χ2v) is 6.13. The van der Waals surface area contributed by atoms with Gasteiger partial charge in [0, 0.05) is 0 Å². The molecule has 3 rings (SSSR count). The highest BCUT2D eigenvalue weighted by molar-refractivity contribution is 6.06. The zero-order valence-electron chi connectivity index (χ0n) is 13.8. The second-order valence-electron chi connectivity index (χ2n) is 6.13. The van der Waals surface area contributed by atoms with Crippen molar-refractivity contribution in [2.45, 2.75) is 25.6 Å². The standard InChI is InChI=1S/C18H19NO5/c1-10-5-4-6-12-13(10)7-11(22-3)8-14(12)17(21)24-15(16(19)20)18(2)9-23-18/h4-8,15H,9H2,1-3H3,(H2,19,20)/t15-,18+/m1/s1. The molecule has 0 saturated carbocycles. The molecule has 1 saturated heterocycles. The molecule has 0 aromatic heterocycles. The summed E-state index contributed by atoms with van der Waals surface area (Å²) in [4.78, 5) is 24.3. The first kappa shape index (κ1) is 16.3. The maximum Gasteiger partial charge on any atom is 0.339 e. The minimum absolute atomic E-state index is 0.323.